The quantitative estimate of drug-likeness (QED) is 0.554. The van der Waals surface area contributed by atoms with Crippen molar-refractivity contribution in [3.05, 3.63) is 54.0 Å². The summed E-state index contributed by atoms with van der Waals surface area (Å²) in [7, 11) is -3.08. The summed E-state index contributed by atoms with van der Waals surface area (Å²) < 4.78 is 36.7. The zero-order chi connectivity index (χ0) is 19.9. The SMILES string of the molecule is Cc1ccc(S(=O)(=O)NC/C=C/C=C/B2OC(=O)CN(C)CC(=O)O2)cc1. The van der Waals surface area contributed by atoms with Crippen LogP contribution >= 0.6 is 0 Å². The number of sulfonamides is 1. The molecular weight excluding hydrogens is 371 g/mol. The van der Waals surface area contributed by atoms with Crippen molar-refractivity contribution in [1.82, 2.24) is 9.62 Å². The predicted octanol–water partition coefficient (Wildman–Crippen LogP) is 0.445. The van der Waals surface area contributed by atoms with Gasteiger partial charge in [-0.25, -0.2) is 13.1 Å². The summed E-state index contributed by atoms with van der Waals surface area (Å²) in [6.07, 6.45) is 4.64. The van der Waals surface area contributed by atoms with Crippen LogP contribution in [0.4, 0.5) is 0 Å². The molecule has 0 unspecified atom stereocenters. The van der Waals surface area contributed by atoms with E-state index in [0.717, 1.165) is 5.56 Å². The Morgan fingerprint density at radius 2 is 1.70 bits per heavy atom. The Morgan fingerprint density at radius 3 is 2.30 bits per heavy atom. The largest absolute Gasteiger partial charge is 0.628 e. The second-order valence-corrected chi connectivity index (χ2v) is 7.77. The zero-order valence-electron chi connectivity index (χ0n) is 15.1. The molecule has 0 atom stereocenters. The first-order chi connectivity index (χ1) is 12.8. The summed E-state index contributed by atoms with van der Waals surface area (Å²) >= 11 is 0. The third-order valence-corrected chi connectivity index (χ3v) is 4.97. The van der Waals surface area contributed by atoms with E-state index in [2.05, 4.69) is 4.72 Å². The monoisotopic (exact) mass is 392 g/mol. The van der Waals surface area contributed by atoms with Crippen molar-refractivity contribution in [3.63, 3.8) is 0 Å². The lowest BCUT2D eigenvalue weighted by Gasteiger charge is -2.20. The van der Waals surface area contributed by atoms with Gasteiger partial charge in [-0.3, -0.25) is 14.5 Å². The number of hydrogen-bond acceptors (Lipinski definition) is 7. The molecule has 1 saturated heterocycles. The van der Waals surface area contributed by atoms with Crippen LogP contribution in [0.25, 0.3) is 0 Å². The first-order valence-electron chi connectivity index (χ1n) is 8.23. The Morgan fingerprint density at radius 1 is 1.11 bits per heavy atom. The molecule has 8 nitrogen and oxygen atoms in total. The van der Waals surface area contributed by atoms with Gasteiger partial charge >= 0.3 is 19.1 Å². The number of aryl methyl sites for hydroxylation is 1. The molecule has 0 radical (unpaired) electrons. The van der Waals surface area contributed by atoms with Crippen LogP contribution in [0, 0.1) is 6.92 Å². The highest BCUT2D eigenvalue weighted by atomic mass is 32.2. The molecule has 0 bridgehead atoms. The van der Waals surface area contributed by atoms with Gasteiger partial charge in [-0.1, -0.05) is 35.9 Å². The molecule has 2 rings (SSSR count). The highest BCUT2D eigenvalue weighted by molar-refractivity contribution is 7.89. The highest BCUT2D eigenvalue weighted by Crippen LogP contribution is 2.09. The lowest BCUT2D eigenvalue weighted by molar-refractivity contribution is -0.145. The number of hydrogen-bond donors (Lipinski definition) is 1. The topological polar surface area (TPSA) is 102 Å². The van der Waals surface area contributed by atoms with Crippen LogP contribution in [-0.2, 0) is 28.9 Å². The van der Waals surface area contributed by atoms with E-state index in [1.54, 1.807) is 31.3 Å². The van der Waals surface area contributed by atoms with Crippen molar-refractivity contribution in [2.75, 3.05) is 26.7 Å². The predicted molar refractivity (Wildman–Crippen MR) is 100 cm³/mol. The first-order valence-corrected chi connectivity index (χ1v) is 9.72. The molecule has 1 heterocycles. The molecule has 1 aliphatic heterocycles. The lowest BCUT2D eigenvalue weighted by Crippen LogP contribution is -2.41. The first kappa shape index (κ1) is 20.9. The molecule has 0 amide bonds. The smallest absolute Gasteiger partial charge is 0.495 e. The summed E-state index contributed by atoms with van der Waals surface area (Å²) in [6, 6.07) is 6.52. The van der Waals surface area contributed by atoms with E-state index in [-0.39, 0.29) is 24.5 Å². The number of carbonyl (C=O) groups excluding carboxylic acids is 2. The van der Waals surface area contributed by atoms with Crippen LogP contribution < -0.4 is 4.72 Å². The van der Waals surface area contributed by atoms with Gasteiger partial charge in [0.05, 0.1) is 18.0 Å². The van der Waals surface area contributed by atoms with Crippen LogP contribution in [0.1, 0.15) is 5.56 Å². The molecule has 1 N–H and O–H groups in total. The maximum Gasteiger partial charge on any atom is 0.628 e. The van der Waals surface area contributed by atoms with Gasteiger partial charge in [0, 0.05) is 6.54 Å². The maximum absolute atomic E-state index is 12.1. The van der Waals surface area contributed by atoms with Crippen LogP contribution in [-0.4, -0.2) is 59.1 Å². The molecular formula is C17H21BN2O6S. The van der Waals surface area contributed by atoms with Crippen LogP contribution in [0.5, 0.6) is 0 Å². The molecule has 1 aromatic carbocycles. The molecule has 144 valence electrons. The standard InChI is InChI=1S/C17H21BN2O6S/c1-14-6-8-15(9-7-14)27(23,24)19-11-5-3-4-10-18-25-16(21)12-20(2)13-17(22)26-18/h3-10,19H,11-13H2,1-2H3/b5-3+,10-4+. The van der Waals surface area contributed by atoms with E-state index in [1.165, 1.54) is 29.1 Å². The molecule has 1 fully saturated rings. The number of rotatable bonds is 6. The van der Waals surface area contributed by atoms with E-state index in [9.17, 15) is 18.0 Å². The summed E-state index contributed by atoms with van der Waals surface area (Å²) in [6.45, 7) is 1.95. The number of carbonyl (C=O) groups is 2. The Bertz CT molecular complexity index is 815. The molecule has 0 aromatic heterocycles. The van der Waals surface area contributed by atoms with Crippen molar-refractivity contribution in [3.8, 4) is 0 Å². The fraction of sp³-hybridized carbons (Fsp3) is 0.294. The Kier molecular flexibility index (Phi) is 7.34. The average Bonchev–Trinajstić information content (AvgIpc) is 2.56. The van der Waals surface area contributed by atoms with Gasteiger partial charge in [0.2, 0.25) is 10.0 Å². The maximum atomic E-state index is 12.1. The van der Waals surface area contributed by atoms with E-state index in [0.29, 0.717) is 0 Å². The third kappa shape index (κ3) is 7.01. The summed E-state index contributed by atoms with van der Waals surface area (Å²) in [5.74, 6) is 0.385. The van der Waals surface area contributed by atoms with Crippen molar-refractivity contribution in [2.24, 2.45) is 0 Å². The Balaban J connectivity index is 1.84. The van der Waals surface area contributed by atoms with Crippen LogP contribution in [0.15, 0.2) is 53.4 Å². The highest BCUT2D eigenvalue weighted by Gasteiger charge is 2.28. The summed E-state index contributed by atoms with van der Waals surface area (Å²) in [5.41, 5.74) is 0.973. The normalized spacial score (nSPS) is 17.0. The second-order valence-electron chi connectivity index (χ2n) is 6.00. The van der Waals surface area contributed by atoms with Crippen molar-refractivity contribution in [1.29, 1.82) is 0 Å². The van der Waals surface area contributed by atoms with Gasteiger partial charge in [0.1, 0.15) is 0 Å². The lowest BCUT2D eigenvalue weighted by atomic mass is 9.89. The fourth-order valence-corrected chi connectivity index (χ4v) is 3.17. The van der Waals surface area contributed by atoms with Gasteiger partial charge in [-0.05, 0) is 32.1 Å². The van der Waals surface area contributed by atoms with E-state index >= 15 is 0 Å². The van der Waals surface area contributed by atoms with Gasteiger partial charge in [0.25, 0.3) is 0 Å². The van der Waals surface area contributed by atoms with Gasteiger partial charge < -0.3 is 9.31 Å². The molecule has 0 spiro atoms. The van der Waals surface area contributed by atoms with Crippen LogP contribution in [0.2, 0.25) is 0 Å². The minimum atomic E-state index is -3.58. The Hall–Kier alpha value is -2.43. The van der Waals surface area contributed by atoms with E-state index in [1.807, 2.05) is 6.92 Å². The third-order valence-electron chi connectivity index (χ3n) is 3.53. The van der Waals surface area contributed by atoms with E-state index in [4.69, 9.17) is 9.31 Å². The molecule has 27 heavy (non-hydrogen) atoms. The average molecular weight is 392 g/mol. The zero-order valence-corrected chi connectivity index (χ0v) is 15.9. The minimum Gasteiger partial charge on any atom is -0.495 e. The van der Waals surface area contributed by atoms with Gasteiger partial charge in [-0.2, -0.15) is 0 Å². The second kappa shape index (κ2) is 9.49. The van der Waals surface area contributed by atoms with Crippen molar-refractivity contribution < 1.29 is 27.3 Å². The fourth-order valence-electron chi connectivity index (χ4n) is 2.19. The number of nitrogens with zero attached hydrogens (tertiary/aromatic N) is 1. The molecule has 1 aromatic rings. The van der Waals surface area contributed by atoms with E-state index < -0.39 is 29.1 Å². The van der Waals surface area contributed by atoms with Gasteiger partial charge in [-0.15, -0.1) is 0 Å². The Labute approximate surface area is 159 Å². The minimum absolute atomic E-state index is 0.00390. The number of likely N-dealkylation sites (N-methyl/N-ethyl adjacent to an activating group) is 1. The molecule has 0 saturated carbocycles. The van der Waals surface area contributed by atoms with Gasteiger partial charge in [0.15, 0.2) is 0 Å². The summed E-state index contributed by atoms with van der Waals surface area (Å²) in [5, 5.41) is 0. The number of allylic oxidation sites excluding steroid dienone is 2. The molecule has 1 aliphatic rings. The number of nitrogens with one attached hydrogen (secondary N) is 1. The van der Waals surface area contributed by atoms with Crippen LogP contribution in [0.3, 0.4) is 0 Å². The summed E-state index contributed by atoms with van der Waals surface area (Å²) in [4.78, 5) is 24.8. The van der Waals surface area contributed by atoms with Crippen molar-refractivity contribution >= 4 is 29.1 Å². The van der Waals surface area contributed by atoms with Crippen molar-refractivity contribution in [2.45, 2.75) is 11.8 Å². The number of benzene rings is 1. The molecule has 0 aliphatic carbocycles. The molecule has 10 heteroatoms.